The van der Waals surface area contributed by atoms with Gasteiger partial charge in [0.05, 0.1) is 12.1 Å². The van der Waals surface area contributed by atoms with Crippen LogP contribution in [0.25, 0.3) is 0 Å². The number of aliphatic hydroxyl groups excluding tert-OH is 1. The third-order valence-corrected chi connectivity index (χ3v) is 3.80. The molecule has 3 atom stereocenters. The highest BCUT2D eigenvalue weighted by Crippen LogP contribution is 2.21. The number of carboxylic acid groups (broad SMARTS) is 1. The standard InChI is InChI=1S/C9H14N2O4S/c12-5-1-7(9(14)15)11(2-5)8(13)6-3-16-4-10-6/h5-7,10,12H,1-4H2,(H,14,15)/t5-,6?,7-/m1/s1. The summed E-state index contributed by atoms with van der Waals surface area (Å²) >= 11 is 1.61. The van der Waals surface area contributed by atoms with Crippen LogP contribution in [0.15, 0.2) is 0 Å². The molecule has 0 aromatic rings. The molecule has 0 bridgehead atoms. The van der Waals surface area contributed by atoms with E-state index in [9.17, 15) is 14.7 Å². The monoisotopic (exact) mass is 246 g/mol. The van der Waals surface area contributed by atoms with Crippen LogP contribution < -0.4 is 5.32 Å². The third kappa shape index (κ3) is 2.16. The molecule has 2 fully saturated rings. The fraction of sp³-hybridized carbons (Fsp3) is 0.778. The Morgan fingerprint density at radius 2 is 2.19 bits per heavy atom. The molecule has 0 aliphatic carbocycles. The number of carbonyl (C=O) groups is 2. The van der Waals surface area contributed by atoms with E-state index in [2.05, 4.69) is 5.32 Å². The number of hydrogen-bond acceptors (Lipinski definition) is 5. The van der Waals surface area contributed by atoms with Crippen molar-refractivity contribution >= 4 is 23.6 Å². The minimum absolute atomic E-state index is 0.124. The average Bonchev–Trinajstić information content (AvgIpc) is 2.84. The first-order chi connectivity index (χ1) is 7.59. The van der Waals surface area contributed by atoms with E-state index in [-0.39, 0.29) is 24.9 Å². The molecular formula is C9H14N2O4S. The number of aliphatic carboxylic acids is 1. The maximum absolute atomic E-state index is 12.0. The van der Waals surface area contributed by atoms with Gasteiger partial charge in [0.1, 0.15) is 6.04 Å². The van der Waals surface area contributed by atoms with Crippen LogP contribution in [0.1, 0.15) is 6.42 Å². The molecule has 0 radical (unpaired) electrons. The van der Waals surface area contributed by atoms with Crippen LogP contribution in [0.4, 0.5) is 0 Å². The number of amides is 1. The van der Waals surface area contributed by atoms with Gasteiger partial charge in [-0.15, -0.1) is 11.8 Å². The lowest BCUT2D eigenvalue weighted by Crippen LogP contribution is -2.49. The molecule has 1 amide bonds. The van der Waals surface area contributed by atoms with Crippen molar-refractivity contribution < 1.29 is 19.8 Å². The highest BCUT2D eigenvalue weighted by atomic mass is 32.2. The van der Waals surface area contributed by atoms with Crippen molar-refractivity contribution in [2.45, 2.75) is 24.6 Å². The lowest BCUT2D eigenvalue weighted by Gasteiger charge is -2.24. The van der Waals surface area contributed by atoms with E-state index in [0.717, 1.165) is 0 Å². The minimum Gasteiger partial charge on any atom is -0.480 e. The molecule has 2 rings (SSSR count). The van der Waals surface area contributed by atoms with Crippen LogP contribution in [-0.4, -0.2) is 63.4 Å². The first-order valence-corrected chi connectivity index (χ1v) is 6.27. The van der Waals surface area contributed by atoms with Crippen molar-refractivity contribution in [2.75, 3.05) is 18.2 Å². The van der Waals surface area contributed by atoms with Gasteiger partial charge in [0.15, 0.2) is 0 Å². The molecular weight excluding hydrogens is 232 g/mol. The number of nitrogens with zero attached hydrogens (tertiary/aromatic N) is 1. The van der Waals surface area contributed by atoms with Crippen LogP contribution in [0.3, 0.4) is 0 Å². The fourth-order valence-electron chi connectivity index (χ4n) is 2.05. The predicted molar refractivity (Wildman–Crippen MR) is 58.0 cm³/mol. The Morgan fingerprint density at radius 3 is 2.75 bits per heavy atom. The number of rotatable bonds is 2. The first kappa shape index (κ1) is 11.7. The van der Waals surface area contributed by atoms with E-state index in [1.54, 1.807) is 11.8 Å². The second-order valence-electron chi connectivity index (χ2n) is 4.01. The molecule has 0 aromatic carbocycles. The number of likely N-dealkylation sites (tertiary alicyclic amines) is 1. The normalized spacial score (nSPS) is 34.3. The molecule has 90 valence electrons. The van der Waals surface area contributed by atoms with Gasteiger partial charge in [0, 0.05) is 24.6 Å². The molecule has 3 N–H and O–H groups in total. The zero-order chi connectivity index (χ0) is 11.7. The van der Waals surface area contributed by atoms with Crippen LogP contribution in [0, 0.1) is 0 Å². The van der Waals surface area contributed by atoms with Gasteiger partial charge in [-0.05, 0) is 0 Å². The van der Waals surface area contributed by atoms with Gasteiger partial charge in [-0.1, -0.05) is 0 Å². The van der Waals surface area contributed by atoms with Crippen LogP contribution in [0.5, 0.6) is 0 Å². The lowest BCUT2D eigenvalue weighted by molar-refractivity contribution is -0.148. The SMILES string of the molecule is O=C(O)[C@H]1C[C@@H](O)CN1C(=O)C1CSCN1. The zero-order valence-corrected chi connectivity index (χ0v) is 9.44. The Labute approximate surface area is 97.0 Å². The Hall–Kier alpha value is -0.790. The number of carbonyl (C=O) groups excluding carboxylic acids is 1. The third-order valence-electron chi connectivity index (χ3n) is 2.86. The van der Waals surface area contributed by atoms with Crippen molar-refractivity contribution in [3.8, 4) is 0 Å². The number of carboxylic acids is 1. The van der Waals surface area contributed by atoms with E-state index < -0.39 is 18.1 Å². The summed E-state index contributed by atoms with van der Waals surface area (Å²) in [5, 5.41) is 21.4. The molecule has 1 unspecified atom stereocenters. The largest absolute Gasteiger partial charge is 0.480 e. The topological polar surface area (TPSA) is 89.9 Å². The van der Waals surface area contributed by atoms with Gasteiger partial charge in [-0.2, -0.15) is 0 Å². The molecule has 16 heavy (non-hydrogen) atoms. The maximum Gasteiger partial charge on any atom is 0.326 e. The first-order valence-electron chi connectivity index (χ1n) is 5.12. The highest BCUT2D eigenvalue weighted by Gasteiger charge is 2.41. The number of thioether (sulfide) groups is 1. The fourth-order valence-corrected chi connectivity index (χ4v) is 2.98. The van der Waals surface area contributed by atoms with Gasteiger partial charge in [0.25, 0.3) is 0 Å². The van der Waals surface area contributed by atoms with Gasteiger partial charge in [0.2, 0.25) is 5.91 Å². The van der Waals surface area contributed by atoms with Crippen molar-refractivity contribution in [3.05, 3.63) is 0 Å². The lowest BCUT2D eigenvalue weighted by atomic mass is 10.2. The smallest absolute Gasteiger partial charge is 0.326 e. The second-order valence-corrected chi connectivity index (χ2v) is 5.04. The molecule has 2 heterocycles. The molecule has 0 spiro atoms. The summed E-state index contributed by atoms with van der Waals surface area (Å²) in [6.07, 6.45) is -0.597. The molecule has 7 heteroatoms. The molecule has 0 aromatic heterocycles. The Bertz CT molecular complexity index is 306. The van der Waals surface area contributed by atoms with Crippen LogP contribution in [-0.2, 0) is 9.59 Å². The minimum atomic E-state index is -1.05. The van der Waals surface area contributed by atoms with Crippen molar-refractivity contribution in [1.82, 2.24) is 10.2 Å². The van der Waals surface area contributed by atoms with Crippen molar-refractivity contribution in [2.24, 2.45) is 0 Å². The highest BCUT2D eigenvalue weighted by molar-refractivity contribution is 7.99. The molecule has 6 nitrogen and oxygen atoms in total. The summed E-state index contributed by atoms with van der Waals surface area (Å²) in [5.74, 6) is 0.118. The summed E-state index contributed by atoms with van der Waals surface area (Å²) < 4.78 is 0. The van der Waals surface area contributed by atoms with Crippen LogP contribution >= 0.6 is 11.8 Å². The summed E-state index contributed by atoms with van der Waals surface area (Å²) in [6.45, 7) is 0.124. The number of nitrogens with one attached hydrogen (secondary N) is 1. The molecule has 0 saturated carbocycles. The quantitative estimate of drug-likeness (QED) is 0.561. The van der Waals surface area contributed by atoms with E-state index in [1.165, 1.54) is 4.90 Å². The van der Waals surface area contributed by atoms with Gasteiger partial charge >= 0.3 is 5.97 Å². The van der Waals surface area contributed by atoms with Gasteiger partial charge in [-0.3, -0.25) is 10.1 Å². The summed E-state index contributed by atoms with van der Waals surface area (Å²) in [7, 11) is 0. The van der Waals surface area contributed by atoms with Gasteiger partial charge < -0.3 is 15.1 Å². The molecule has 2 aliphatic heterocycles. The number of hydrogen-bond donors (Lipinski definition) is 3. The number of β-amino-alcohol motifs (C(OH)–C–C–N with tert-alkyl or cyclic N) is 1. The van der Waals surface area contributed by atoms with Crippen LogP contribution in [0.2, 0.25) is 0 Å². The Balaban J connectivity index is 2.06. The summed E-state index contributed by atoms with van der Waals surface area (Å²) in [6, 6.07) is -1.19. The van der Waals surface area contributed by atoms with Gasteiger partial charge in [-0.25, -0.2) is 4.79 Å². The maximum atomic E-state index is 12.0. The molecule has 2 aliphatic rings. The van der Waals surface area contributed by atoms with Crippen molar-refractivity contribution in [3.63, 3.8) is 0 Å². The van der Waals surface area contributed by atoms with E-state index in [4.69, 9.17) is 5.11 Å². The van der Waals surface area contributed by atoms with E-state index >= 15 is 0 Å². The zero-order valence-electron chi connectivity index (χ0n) is 8.63. The predicted octanol–water partition coefficient (Wildman–Crippen LogP) is -1.30. The van der Waals surface area contributed by atoms with Crippen molar-refractivity contribution in [1.29, 1.82) is 0 Å². The number of aliphatic hydroxyl groups is 1. The summed E-state index contributed by atoms with van der Waals surface area (Å²) in [4.78, 5) is 24.2. The van der Waals surface area contributed by atoms with E-state index in [1.807, 2.05) is 0 Å². The average molecular weight is 246 g/mol. The Morgan fingerprint density at radius 1 is 1.44 bits per heavy atom. The summed E-state index contributed by atoms with van der Waals surface area (Å²) in [5.41, 5.74) is 0. The Kier molecular flexibility index (Phi) is 3.36. The second kappa shape index (κ2) is 4.60. The molecule has 2 saturated heterocycles. The van der Waals surface area contributed by atoms with E-state index in [0.29, 0.717) is 11.6 Å².